The number of fused-ring (bicyclic) bond motifs is 3. The molecule has 6 nitrogen and oxygen atoms in total. The number of thiophene rings is 1. The molecule has 0 aromatic carbocycles. The Kier molecular flexibility index (Phi) is 5.21. The van der Waals surface area contributed by atoms with Gasteiger partial charge < -0.3 is 15.2 Å². The molecule has 1 amide bonds. The largest absolute Gasteiger partial charge is 0.481 e. The van der Waals surface area contributed by atoms with Gasteiger partial charge in [-0.25, -0.2) is 4.79 Å². The minimum absolute atomic E-state index is 0.0974. The second kappa shape index (κ2) is 7.50. The summed E-state index contributed by atoms with van der Waals surface area (Å²) in [6.07, 6.45) is 6.20. The van der Waals surface area contributed by atoms with Crippen LogP contribution in [0.4, 0.5) is 5.00 Å². The molecular formula is C21H27NO5S. The van der Waals surface area contributed by atoms with Crippen molar-refractivity contribution in [2.45, 2.75) is 64.9 Å². The molecule has 3 aliphatic carbocycles. The lowest BCUT2D eigenvalue weighted by molar-refractivity contribution is -0.148. The van der Waals surface area contributed by atoms with Gasteiger partial charge in [-0.2, -0.15) is 0 Å². The van der Waals surface area contributed by atoms with Gasteiger partial charge in [0.2, 0.25) is 5.91 Å². The third kappa shape index (κ3) is 3.34. The maximum atomic E-state index is 13.1. The zero-order valence-corrected chi connectivity index (χ0v) is 17.1. The molecule has 28 heavy (non-hydrogen) atoms. The highest BCUT2D eigenvalue weighted by Gasteiger charge is 2.54. The second-order valence-corrected chi connectivity index (χ2v) is 9.69. The number of carboxylic acid groups (broad SMARTS) is 1. The predicted octanol–water partition coefficient (Wildman–Crippen LogP) is 3.88. The van der Waals surface area contributed by atoms with Crippen LogP contribution >= 0.6 is 11.3 Å². The van der Waals surface area contributed by atoms with E-state index in [2.05, 4.69) is 5.32 Å². The Morgan fingerprint density at radius 2 is 1.79 bits per heavy atom. The standard InChI is InChI=1S/C21H27NO5S/c1-10(2)27-21(26)17-13-5-3-4-6-14(13)28-19(17)22-18(23)15-11-7-8-12(9-11)16(15)20(24)25/h10-12,15-16H,3-9H2,1-2H3,(H,22,23)(H,24,25)/t11-,12-,15+,16+/m1/s1. The third-order valence-corrected chi connectivity index (χ3v) is 7.67. The molecule has 2 N–H and O–H groups in total. The first-order chi connectivity index (χ1) is 13.4. The van der Waals surface area contributed by atoms with Crippen molar-refractivity contribution in [2.24, 2.45) is 23.7 Å². The van der Waals surface area contributed by atoms with E-state index in [1.54, 1.807) is 0 Å². The van der Waals surface area contributed by atoms with Gasteiger partial charge in [0.1, 0.15) is 5.00 Å². The van der Waals surface area contributed by atoms with E-state index in [0.717, 1.165) is 55.4 Å². The van der Waals surface area contributed by atoms with E-state index in [1.165, 1.54) is 11.3 Å². The van der Waals surface area contributed by atoms with Crippen molar-refractivity contribution < 1.29 is 24.2 Å². The van der Waals surface area contributed by atoms with Gasteiger partial charge in [-0.15, -0.1) is 11.3 Å². The first kappa shape index (κ1) is 19.4. The van der Waals surface area contributed by atoms with Gasteiger partial charge in [-0.1, -0.05) is 0 Å². The van der Waals surface area contributed by atoms with E-state index in [9.17, 15) is 19.5 Å². The van der Waals surface area contributed by atoms with Crippen LogP contribution in [0.2, 0.25) is 0 Å². The second-order valence-electron chi connectivity index (χ2n) is 8.58. The molecule has 2 saturated carbocycles. The topological polar surface area (TPSA) is 92.7 Å². The van der Waals surface area contributed by atoms with Crippen molar-refractivity contribution >= 4 is 34.2 Å². The van der Waals surface area contributed by atoms with E-state index >= 15 is 0 Å². The van der Waals surface area contributed by atoms with Crippen LogP contribution in [0.25, 0.3) is 0 Å². The number of amides is 1. The number of anilines is 1. The lowest BCUT2D eigenvalue weighted by Crippen LogP contribution is -2.38. The number of hydrogen-bond acceptors (Lipinski definition) is 5. The number of carbonyl (C=O) groups is 3. The van der Waals surface area contributed by atoms with Gasteiger partial charge in [-0.05, 0) is 76.2 Å². The highest BCUT2D eigenvalue weighted by molar-refractivity contribution is 7.17. The maximum absolute atomic E-state index is 13.1. The average molecular weight is 406 g/mol. The SMILES string of the molecule is CC(C)OC(=O)c1c(NC(=O)[C@H]2[C@@H]3CC[C@H](C3)[C@@H]2C(=O)O)sc2c1CCCC2. The number of hydrogen-bond donors (Lipinski definition) is 2. The number of nitrogens with one attached hydrogen (secondary N) is 1. The highest BCUT2D eigenvalue weighted by Crippen LogP contribution is 2.53. The Hall–Kier alpha value is -1.89. The molecule has 0 saturated heterocycles. The number of carboxylic acids is 1. The predicted molar refractivity (Wildman–Crippen MR) is 106 cm³/mol. The number of esters is 1. The van der Waals surface area contributed by atoms with Crippen molar-refractivity contribution in [3.63, 3.8) is 0 Å². The molecule has 4 rings (SSSR count). The molecule has 0 aliphatic heterocycles. The number of aryl methyl sites for hydroxylation is 1. The quantitative estimate of drug-likeness (QED) is 0.725. The fourth-order valence-corrected chi connectivity index (χ4v) is 6.64. The Morgan fingerprint density at radius 3 is 2.46 bits per heavy atom. The van der Waals surface area contributed by atoms with Crippen LogP contribution in [-0.4, -0.2) is 29.1 Å². The Balaban J connectivity index is 1.62. The monoisotopic (exact) mass is 405 g/mol. The molecule has 3 aliphatic rings. The third-order valence-electron chi connectivity index (χ3n) is 6.46. The van der Waals surface area contributed by atoms with Crippen LogP contribution in [0.1, 0.15) is 66.8 Å². The van der Waals surface area contributed by atoms with Gasteiger partial charge in [-0.3, -0.25) is 9.59 Å². The summed E-state index contributed by atoms with van der Waals surface area (Å²) in [4.78, 5) is 38.8. The van der Waals surface area contributed by atoms with E-state index in [0.29, 0.717) is 10.6 Å². The molecule has 7 heteroatoms. The van der Waals surface area contributed by atoms with Crippen LogP contribution in [0.15, 0.2) is 0 Å². The van der Waals surface area contributed by atoms with Crippen molar-refractivity contribution in [1.29, 1.82) is 0 Å². The minimum Gasteiger partial charge on any atom is -0.481 e. The highest BCUT2D eigenvalue weighted by atomic mass is 32.1. The van der Waals surface area contributed by atoms with Crippen LogP contribution in [0, 0.1) is 23.7 Å². The summed E-state index contributed by atoms with van der Waals surface area (Å²) >= 11 is 1.45. The molecular weight excluding hydrogens is 378 g/mol. The number of aliphatic carboxylic acids is 1. The zero-order valence-electron chi connectivity index (χ0n) is 16.3. The molecule has 1 aromatic heterocycles. The molecule has 1 heterocycles. The molecule has 152 valence electrons. The summed E-state index contributed by atoms with van der Waals surface area (Å²) in [5.41, 5.74) is 1.48. The smallest absolute Gasteiger partial charge is 0.341 e. The average Bonchev–Trinajstić information content (AvgIpc) is 3.32. The molecule has 1 aromatic rings. The van der Waals surface area contributed by atoms with E-state index in [4.69, 9.17) is 4.74 Å². The molecule has 0 spiro atoms. The fourth-order valence-electron chi connectivity index (χ4n) is 5.36. The Labute approximate surface area is 168 Å². The number of rotatable bonds is 5. The summed E-state index contributed by atoms with van der Waals surface area (Å²) in [6.45, 7) is 3.61. The van der Waals surface area contributed by atoms with E-state index < -0.39 is 23.8 Å². The first-order valence-corrected chi connectivity index (χ1v) is 11.1. The summed E-state index contributed by atoms with van der Waals surface area (Å²) in [5, 5.41) is 13.1. The van der Waals surface area contributed by atoms with Gasteiger partial charge in [0.05, 0.1) is 23.5 Å². The van der Waals surface area contributed by atoms with Crippen LogP contribution in [-0.2, 0) is 27.2 Å². The lowest BCUT2D eigenvalue weighted by Gasteiger charge is -2.27. The maximum Gasteiger partial charge on any atom is 0.341 e. The Morgan fingerprint density at radius 1 is 1.11 bits per heavy atom. The van der Waals surface area contributed by atoms with E-state index in [1.807, 2.05) is 13.8 Å². The van der Waals surface area contributed by atoms with Gasteiger partial charge in [0.15, 0.2) is 0 Å². The van der Waals surface area contributed by atoms with Gasteiger partial charge in [0, 0.05) is 4.88 Å². The minimum atomic E-state index is -0.878. The molecule has 4 atom stereocenters. The van der Waals surface area contributed by atoms with Gasteiger partial charge in [0.25, 0.3) is 0 Å². The van der Waals surface area contributed by atoms with Crippen LogP contribution < -0.4 is 5.32 Å². The van der Waals surface area contributed by atoms with Crippen molar-refractivity contribution in [1.82, 2.24) is 0 Å². The summed E-state index contributed by atoms with van der Waals surface area (Å²) in [7, 11) is 0. The Bertz CT molecular complexity index is 814. The number of carbonyl (C=O) groups excluding carboxylic acids is 2. The first-order valence-electron chi connectivity index (χ1n) is 10.3. The van der Waals surface area contributed by atoms with Crippen LogP contribution in [0.5, 0.6) is 0 Å². The zero-order chi connectivity index (χ0) is 20.0. The molecule has 0 radical (unpaired) electrons. The summed E-state index contributed by atoms with van der Waals surface area (Å²) < 4.78 is 5.44. The van der Waals surface area contributed by atoms with Gasteiger partial charge >= 0.3 is 11.9 Å². The van der Waals surface area contributed by atoms with E-state index in [-0.39, 0.29) is 23.8 Å². The van der Waals surface area contributed by atoms with Crippen LogP contribution in [0.3, 0.4) is 0 Å². The summed E-state index contributed by atoms with van der Waals surface area (Å²) in [5.74, 6) is -2.42. The lowest BCUT2D eigenvalue weighted by atomic mass is 9.78. The summed E-state index contributed by atoms with van der Waals surface area (Å²) in [6, 6.07) is 0. The normalized spacial score (nSPS) is 28.2. The molecule has 0 unspecified atom stereocenters. The van der Waals surface area contributed by atoms with Crippen molar-refractivity contribution in [2.75, 3.05) is 5.32 Å². The molecule has 2 bridgehead atoms. The van der Waals surface area contributed by atoms with Crippen molar-refractivity contribution in [3.8, 4) is 0 Å². The fraction of sp³-hybridized carbons (Fsp3) is 0.667. The number of ether oxygens (including phenoxy) is 1. The molecule has 2 fully saturated rings. The van der Waals surface area contributed by atoms with Crippen molar-refractivity contribution in [3.05, 3.63) is 16.0 Å².